The third-order valence-corrected chi connectivity index (χ3v) is 5.85. The first kappa shape index (κ1) is 21.0. The minimum atomic E-state index is -1.05. The van der Waals surface area contributed by atoms with E-state index < -0.39 is 5.97 Å². The summed E-state index contributed by atoms with van der Waals surface area (Å²) in [5.41, 5.74) is 4.86. The molecule has 2 heterocycles. The summed E-state index contributed by atoms with van der Waals surface area (Å²) in [5.74, 6) is -0.442. The summed E-state index contributed by atoms with van der Waals surface area (Å²) in [6.07, 6.45) is 2.54. The zero-order chi connectivity index (χ0) is 22.1. The highest BCUT2D eigenvalue weighted by atomic mass is 35.5. The lowest BCUT2D eigenvalue weighted by Gasteiger charge is -2.10. The van der Waals surface area contributed by atoms with Gasteiger partial charge in [0.25, 0.3) is 0 Å². The summed E-state index contributed by atoms with van der Waals surface area (Å²) in [5, 5.41) is 20.7. The lowest BCUT2D eigenvalue weighted by molar-refractivity contribution is 0.0692. The van der Waals surface area contributed by atoms with Gasteiger partial charge in [0, 0.05) is 40.3 Å². The molecule has 6 nitrogen and oxygen atoms in total. The lowest BCUT2D eigenvalue weighted by Crippen LogP contribution is -2.00. The van der Waals surface area contributed by atoms with Crippen molar-refractivity contribution in [2.45, 2.75) is 19.9 Å². The van der Waals surface area contributed by atoms with Gasteiger partial charge in [0.1, 0.15) is 11.4 Å². The predicted molar refractivity (Wildman–Crippen MR) is 122 cm³/mol. The molecule has 4 rings (SSSR count). The number of benzene rings is 2. The van der Waals surface area contributed by atoms with Crippen LogP contribution in [0, 0.1) is 0 Å². The zero-order valence-corrected chi connectivity index (χ0v) is 18.0. The molecule has 0 fully saturated rings. The lowest BCUT2D eigenvalue weighted by atomic mass is 9.95. The summed E-state index contributed by atoms with van der Waals surface area (Å²) in [6, 6.07) is 13.1. The second-order valence-electron chi connectivity index (χ2n) is 7.20. The number of hydrogen-bond acceptors (Lipinski definition) is 3. The molecule has 2 aromatic carbocycles. The second-order valence-corrected chi connectivity index (χ2v) is 7.61. The molecule has 3 N–H and O–H groups in total. The fourth-order valence-electron chi connectivity index (χ4n) is 4.15. The van der Waals surface area contributed by atoms with Crippen molar-refractivity contribution in [3.05, 3.63) is 64.9 Å². The largest absolute Gasteiger partial charge is 0.497 e. The van der Waals surface area contributed by atoms with Crippen LogP contribution in [0.5, 0.6) is 5.75 Å². The molecule has 0 amide bonds. The minimum absolute atomic E-state index is 0.0417. The van der Waals surface area contributed by atoms with E-state index in [2.05, 4.69) is 4.98 Å². The quantitative estimate of drug-likeness (QED) is 0.369. The first-order valence-electron chi connectivity index (χ1n) is 10.0. The smallest absolute Gasteiger partial charge is 0.352 e. The first-order valence-corrected chi connectivity index (χ1v) is 10.4. The maximum atomic E-state index is 12.2. The summed E-state index contributed by atoms with van der Waals surface area (Å²) in [7, 11) is 1.56. The van der Waals surface area contributed by atoms with Crippen LogP contribution in [0.1, 0.15) is 23.0 Å². The SMILES string of the molecule is CCc1c(-c2cccc3c2ccn3CCO)[nH]c(C(=O)O)c1-c1ccc(OC)cc1Cl. The van der Waals surface area contributed by atoms with Gasteiger partial charge in [-0.1, -0.05) is 30.7 Å². The number of halogens is 1. The molecule has 0 radical (unpaired) electrons. The Morgan fingerprint density at radius 3 is 2.65 bits per heavy atom. The van der Waals surface area contributed by atoms with E-state index in [0.717, 1.165) is 27.7 Å². The van der Waals surface area contributed by atoms with Gasteiger partial charge in [0.2, 0.25) is 0 Å². The molecular formula is C24H23ClN2O4. The van der Waals surface area contributed by atoms with E-state index in [0.29, 0.717) is 34.9 Å². The van der Waals surface area contributed by atoms with Crippen molar-refractivity contribution in [3.8, 4) is 28.1 Å². The number of aromatic nitrogens is 2. The van der Waals surface area contributed by atoms with Crippen molar-refractivity contribution in [1.29, 1.82) is 0 Å². The predicted octanol–water partition coefficient (Wildman–Crippen LogP) is 5.22. The number of rotatable bonds is 7. The number of methoxy groups -OCH3 is 1. The van der Waals surface area contributed by atoms with Crippen LogP contribution in [0.25, 0.3) is 33.3 Å². The van der Waals surface area contributed by atoms with Crippen LogP contribution in [0.4, 0.5) is 0 Å². The van der Waals surface area contributed by atoms with Crippen LogP contribution >= 0.6 is 11.6 Å². The number of aliphatic hydroxyl groups is 1. The fraction of sp³-hybridized carbons (Fsp3) is 0.208. The van der Waals surface area contributed by atoms with Gasteiger partial charge in [-0.15, -0.1) is 0 Å². The monoisotopic (exact) mass is 438 g/mol. The topological polar surface area (TPSA) is 87.5 Å². The number of nitrogens with one attached hydrogen (secondary N) is 1. The van der Waals surface area contributed by atoms with Crippen molar-refractivity contribution >= 4 is 28.5 Å². The Bertz CT molecular complexity index is 1270. The van der Waals surface area contributed by atoms with Crippen LogP contribution in [-0.2, 0) is 13.0 Å². The molecular weight excluding hydrogens is 416 g/mol. The van der Waals surface area contributed by atoms with Gasteiger partial charge in [-0.05, 0) is 42.3 Å². The van der Waals surface area contributed by atoms with Gasteiger partial charge >= 0.3 is 5.97 Å². The third-order valence-electron chi connectivity index (χ3n) is 5.54. The van der Waals surface area contributed by atoms with Gasteiger partial charge in [-0.25, -0.2) is 4.79 Å². The first-order chi connectivity index (χ1) is 15.0. The van der Waals surface area contributed by atoms with Crippen molar-refractivity contribution in [1.82, 2.24) is 9.55 Å². The Morgan fingerprint density at radius 2 is 2.00 bits per heavy atom. The minimum Gasteiger partial charge on any atom is -0.497 e. The van der Waals surface area contributed by atoms with E-state index in [4.69, 9.17) is 16.3 Å². The van der Waals surface area contributed by atoms with E-state index in [1.807, 2.05) is 42.0 Å². The maximum Gasteiger partial charge on any atom is 0.352 e. The van der Waals surface area contributed by atoms with E-state index in [1.165, 1.54) is 0 Å². The van der Waals surface area contributed by atoms with E-state index in [9.17, 15) is 15.0 Å². The molecule has 0 bridgehead atoms. The molecule has 0 saturated heterocycles. The average molecular weight is 439 g/mol. The van der Waals surface area contributed by atoms with Gasteiger partial charge in [0.15, 0.2) is 0 Å². The summed E-state index contributed by atoms with van der Waals surface area (Å²) < 4.78 is 7.22. The van der Waals surface area contributed by atoms with Crippen molar-refractivity contribution < 1.29 is 19.7 Å². The molecule has 4 aromatic rings. The number of carbonyl (C=O) groups is 1. The Hall–Kier alpha value is -3.22. The molecule has 0 spiro atoms. The van der Waals surface area contributed by atoms with Crippen molar-refractivity contribution in [3.63, 3.8) is 0 Å². The number of aliphatic hydroxyl groups excluding tert-OH is 1. The molecule has 7 heteroatoms. The summed E-state index contributed by atoms with van der Waals surface area (Å²) in [6.45, 7) is 2.53. The number of carboxylic acids is 1. The van der Waals surface area contributed by atoms with E-state index in [1.54, 1.807) is 25.3 Å². The molecule has 2 aromatic heterocycles. The van der Waals surface area contributed by atoms with E-state index in [-0.39, 0.29) is 12.3 Å². The van der Waals surface area contributed by atoms with Gasteiger partial charge in [-0.2, -0.15) is 0 Å². The standard InChI is InChI=1S/C24H23ClN2O4/c1-3-15-21(18-8-7-14(31-2)13-19(18)25)23(24(29)30)26-22(15)17-5-4-6-20-16(17)9-10-27(20)11-12-28/h4-10,13,26,28H,3,11-12H2,1-2H3,(H,29,30). The number of H-pyrrole nitrogens is 1. The van der Waals surface area contributed by atoms with Gasteiger partial charge in [0.05, 0.1) is 24.4 Å². The van der Waals surface area contributed by atoms with Crippen LogP contribution in [0.2, 0.25) is 5.02 Å². The average Bonchev–Trinajstić information content (AvgIpc) is 3.35. The number of ether oxygens (including phenoxy) is 1. The van der Waals surface area contributed by atoms with Crippen LogP contribution in [-0.4, -0.2) is 39.5 Å². The molecule has 0 atom stereocenters. The molecule has 0 saturated carbocycles. The molecule has 31 heavy (non-hydrogen) atoms. The van der Waals surface area contributed by atoms with Crippen LogP contribution in [0.3, 0.4) is 0 Å². The van der Waals surface area contributed by atoms with Crippen molar-refractivity contribution in [2.75, 3.05) is 13.7 Å². The summed E-state index contributed by atoms with van der Waals surface area (Å²) >= 11 is 6.52. The van der Waals surface area contributed by atoms with E-state index >= 15 is 0 Å². The Labute approximate surface area is 184 Å². The highest BCUT2D eigenvalue weighted by molar-refractivity contribution is 6.33. The zero-order valence-electron chi connectivity index (χ0n) is 17.3. The normalized spacial score (nSPS) is 11.2. The number of nitrogens with zero attached hydrogens (tertiary/aromatic N) is 1. The third kappa shape index (κ3) is 3.58. The molecule has 160 valence electrons. The number of hydrogen-bond donors (Lipinski definition) is 3. The number of carboxylic acid groups (broad SMARTS) is 1. The van der Waals surface area contributed by atoms with Crippen molar-refractivity contribution in [2.24, 2.45) is 0 Å². The number of fused-ring (bicyclic) bond motifs is 1. The highest BCUT2D eigenvalue weighted by Crippen LogP contribution is 2.41. The highest BCUT2D eigenvalue weighted by Gasteiger charge is 2.25. The number of aromatic amines is 1. The Balaban J connectivity index is 1.99. The van der Waals surface area contributed by atoms with Crippen LogP contribution < -0.4 is 4.74 Å². The summed E-state index contributed by atoms with van der Waals surface area (Å²) in [4.78, 5) is 15.3. The Kier molecular flexibility index (Phi) is 5.76. The molecule has 0 aliphatic carbocycles. The van der Waals surface area contributed by atoms with Crippen LogP contribution in [0.15, 0.2) is 48.7 Å². The second kappa shape index (κ2) is 8.49. The maximum absolute atomic E-state index is 12.2. The van der Waals surface area contributed by atoms with Gasteiger partial charge < -0.3 is 24.5 Å². The fourth-order valence-corrected chi connectivity index (χ4v) is 4.41. The Morgan fingerprint density at radius 1 is 1.19 bits per heavy atom. The molecule has 0 unspecified atom stereocenters. The number of aromatic carboxylic acids is 1. The molecule has 0 aliphatic heterocycles. The molecule has 0 aliphatic rings. The van der Waals surface area contributed by atoms with Gasteiger partial charge in [-0.3, -0.25) is 0 Å².